The summed E-state index contributed by atoms with van der Waals surface area (Å²) >= 11 is 3.42. The topological polar surface area (TPSA) is 88.9 Å². The van der Waals surface area contributed by atoms with Crippen LogP contribution in [0.3, 0.4) is 0 Å². The summed E-state index contributed by atoms with van der Waals surface area (Å²) in [6.45, 7) is -0.0523. The second-order valence-electron chi connectivity index (χ2n) is 8.92. The Balaban J connectivity index is 1.26. The minimum absolute atomic E-state index is 0.0909. The number of carbonyl (C=O) groups is 1. The zero-order chi connectivity index (χ0) is 20.9. The maximum Gasteiger partial charge on any atom is 0.283 e. The van der Waals surface area contributed by atoms with Gasteiger partial charge in [-0.05, 0) is 83.5 Å². The fraction of sp³-hybridized carbons (Fsp3) is 0.524. The standard InChI is InChI=1S/C21H23BrFN5O2/c22-19-16(27-21-7-13-3-14(8-21)5-15(21)4-13)10-26-28(20(19)30)11-18(29)25-9-12-1-2-24-17(23)6-12/h1-2,6,10,13-15,27H,3-5,7-9,11H2,(H,25,29). The number of nitrogens with zero attached hydrogens (tertiary/aromatic N) is 3. The second kappa shape index (κ2) is 7.44. The molecule has 4 aliphatic rings. The van der Waals surface area contributed by atoms with E-state index in [0.717, 1.165) is 16.5 Å². The van der Waals surface area contributed by atoms with Gasteiger partial charge in [0.1, 0.15) is 11.0 Å². The van der Waals surface area contributed by atoms with Crippen molar-refractivity contribution in [3.63, 3.8) is 0 Å². The molecule has 0 saturated heterocycles. The van der Waals surface area contributed by atoms with Gasteiger partial charge >= 0.3 is 0 Å². The van der Waals surface area contributed by atoms with E-state index in [1.165, 1.54) is 44.4 Å². The highest BCUT2D eigenvalue weighted by atomic mass is 79.9. The first-order valence-electron chi connectivity index (χ1n) is 10.3. The molecule has 0 aromatic carbocycles. The number of hydrogen-bond acceptors (Lipinski definition) is 5. The molecule has 1 amide bonds. The fourth-order valence-electron chi connectivity index (χ4n) is 5.88. The zero-order valence-electron chi connectivity index (χ0n) is 16.4. The summed E-state index contributed by atoms with van der Waals surface area (Å²) in [5, 5.41) is 10.5. The van der Waals surface area contributed by atoms with E-state index in [1.54, 1.807) is 12.3 Å². The molecule has 30 heavy (non-hydrogen) atoms. The Morgan fingerprint density at radius 1 is 1.30 bits per heavy atom. The fourth-order valence-corrected chi connectivity index (χ4v) is 6.28. The molecule has 4 fully saturated rings. The van der Waals surface area contributed by atoms with Crippen molar-refractivity contribution in [3.8, 4) is 0 Å². The summed E-state index contributed by atoms with van der Waals surface area (Å²) in [7, 11) is 0. The monoisotopic (exact) mass is 475 g/mol. The largest absolute Gasteiger partial charge is 0.377 e. The van der Waals surface area contributed by atoms with Crippen molar-refractivity contribution in [3.05, 3.63) is 50.9 Å². The first kappa shape index (κ1) is 19.7. The van der Waals surface area contributed by atoms with E-state index in [9.17, 15) is 14.0 Å². The normalized spacial score (nSPS) is 28.7. The molecular formula is C21H23BrFN5O2. The van der Waals surface area contributed by atoms with E-state index in [2.05, 4.69) is 36.6 Å². The molecule has 9 heteroatoms. The molecule has 0 aliphatic heterocycles. The van der Waals surface area contributed by atoms with Crippen LogP contribution in [0, 0.1) is 23.7 Å². The molecule has 7 nitrogen and oxygen atoms in total. The molecule has 2 heterocycles. The van der Waals surface area contributed by atoms with E-state index in [1.807, 2.05) is 0 Å². The molecule has 2 aromatic heterocycles. The van der Waals surface area contributed by atoms with Gasteiger partial charge in [0.15, 0.2) is 0 Å². The molecule has 4 aliphatic carbocycles. The summed E-state index contributed by atoms with van der Waals surface area (Å²) in [4.78, 5) is 28.5. The molecular weight excluding hydrogens is 453 g/mol. The Bertz CT molecular complexity index is 1040. The number of anilines is 1. The summed E-state index contributed by atoms with van der Waals surface area (Å²) in [6.07, 6.45) is 9.23. The van der Waals surface area contributed by atoms with Gasteiger partial charge in [0.2, 0.25) is 11.9 Å². The number of pyridine rings is 1. The lowest BCUT2D eigenvalue weighted by Gasteiger charge is -2.35. The van der Waals surface area contributed by atoms with Crippen molar-refractivity contribution in [1.82, 2.24) is 20.1 Å². The molecule has 4 saturated carbocycles. The van der Waals surface area contributed by atoms with Crippen LogP contribution >= 0.6 is 15.9 Å². The van der Waals surface area contributed by atoms with Crippen LogP contribution in [0.4, 0.5) is 10.1 Å². The van der Waals surface area contributed by atoms with Crippen molar-refractivity contribution in [1.29, 1.82) is 0 Å². The minimum atomic E-state index is -0.602. The number of halogens is 2. The number of rotatable bonds is 6. The SMILES string of the molecule is O=C(Cn1ncc(NC23CC4CC(CC2C4)C3)c(Br)c1=O)NCc1ccnc(F)c1. The summed E-state index contributed by atoms with van der Waals surface area (Å²) in [6, 6.07) is 2.87. The lowest BCUT2D eigenvalue weighted by Crippen LogP contribution is -2.40. The van der Waals surface area contributed by atoms with Gasteiger partial charge in [-0.1, -0.05) is 0 Å². The van der Waals surface area contributed by atoms with E-state index < -0.39 is 5.95 Å². The molecule has 0 spiro atoms. The molecule has 2 unspecified atom stereocenters. The second-order valence-corrected chi connectivity index (χ2v) is 9.72. The number of hydrogen-bond donors (Lipinski definition) is 2. The predicted molar refractivity (Wildman–Crippen MR) is 112 cm³/mol. The van der Waals surface area contributed by atoms with Crippen LogP contribution in [0.1, 0.15) is 37.7 Å². The Hall–Kier alpha value is -2.29. The average molecular weight is 476 g/mol. The quantitative estimate of drug-likeness (QED) is 0.627. The third-order valence-electron chi connectivity index (χ3n) is 6.93. The highest BCUT2D eigenvalue weighted by Gasteiger charge is 2.57. The highest BCUT2D eigenvalue weighted by molar-refractivity contribution is 9.10. The minimum Gasteiger partial charge on any atom is -0.377 e. The summed E-state index contributed by atoms with van der Waals surface area (Å²) in [5.41, 5.74) is 1.04. The number of aromatic nitrogens is 3. The summed E-state index contributed by atoms with van der Waals surface area (Å²) in [5.74, 6) is 1.31. The smallest absolute Gasteiger partial charge is 0.283 e. The van der Waals surface area contributed by atoms with E-state index in [-0.39, 0.29) is 30.1 Å². The van der Waals surface area contributed by atoms with Crippen LogP contribution in [0.25, 0.3) is 0 Å². The Labute approximate surface area is 181 Å². The molecule has 0 radical (unpaired) electrons. The van der Waals surface area contributed by atoms with Gasteiger partial charge in [-0.3, -0.25) is 9.59 Å². The van der Waals surface area contributed by atoms with E-state index in [4.69, 9.17) is 0 Å². The van der Waals surface area contributed by atoms with Gasteiger partial charge in [-0.2, -0.15) is 9.49 Å². The third-order valence-corrected chi connectivity index (χ3v) is 7.70. The van der Waals surface area contributed by atoms with Crippen LogP contribution in [0.15, 0.2) is 33.8 Å². The zero-order valence-corrected chi connectivity index (χ0v) is 18.0. The van der Waals surface area contributed by atoms with Crippen LogP contribution in [0.5, 0.6) is 0 Å². The molecule has 6 rings (SSSR count). The molecule has 2 atom stereocenters. The molecule has 2 N–H and O–H groups in total. The first-order chi connectivity index (χ1) is 14.4. The summed E-state index contributed by atoms with van der Waals surface area (Å²) < 4.78 is 14.7. The highest BCUT2D eigenvalue weighted by Crippen LogP contribution is 2.61. The van der Waals surface area contributed by atoms with Crippen LogP contribution < -0.4 is 16.2 Å². The van der Waals surface area contributed by atoms with Crippen molar-refractivity contribution >= 4 is 27.5 Å². The predicted octanol–water partition coefficient (Wildman–Crippen LogP) is 2.85. The van der Waals surface area contributed by atoms with Crippen molar-refractivity contribution in [2.45, 2.75) is 50.7 Å². The molecule has 4 bridgehead atoms. The van der Waals surface area contributed by atoms with Crippen molar-refractivity contribution in [2.75, 3.05) is 5.32 Å². The maximum absolute atomic E-state index is 13.1. The number of amides is 1. The van der Waals surface area contributed by atoms with Gasteiger partial charge < -0.3 is 10.6 Å². The third kappa shape index (κ3) is 3.53. The van der Waals surface area contributed by atoms with Crippen LogP contribution in [0.2, 0.25) is 0 Å². The molecule has 158 valence electrons. The van der Waals surface area contributed by atoms with Gasteiger partial charge in [0.05, 0.1) is 11.9 Å². The Kier molecular flexibility index (Phi) is 4.88. The van der Waals surface area contributed by atoms with Gasteiger partial charge in [-0.25, -0.2) is 9.67 Å². The maximum atomic E-state index is 13.1. The Morgan fingerprint density at radius 3 is 2.80 bits per heavy atom. The van der Waals surface area contributed by atoms with Crippen molar-refractivity contribution < 1.29 is 9.18 Å². The van der Waals surface area contributed by atoms with Crippen LogP contribution in [-0.4, -0.2) is 26.2 Å². The van der Waals surface area contributed by atoms with Gasteiger partial charge in [0, 0.05) is 18.3 Å². The van der Waals surface area contributed by atoms with E-state index >= 15 is 0 Å². The number of carbonyl (C=O) groups excluding carboxylic acids is 1. The van der Waals surface area contributed by atoms with Crippen molar-refractivity contribution in [2.24, 2.45) is 17.8 Å². The lowest BCUT2D eigenvalue weighted by atomic mass is 9.80. The first-order valence-corrected chi connectivity index (χ1v) is 11.1. The van der Waals surface area contributed by atoms with E-state index in [0.29, 0.717) is 21.6 Å². The lowest BCUT2D eigenvalue weighted by molar-refractivity contribution is -0.122. The molecule has 2 aromatic rings. The number of nitrogens with one attached hydrogen (secondary N) is 2. The van der Waals surface area contributed by atoms with Gasteiger partial charge in [-0.15, -0.1) is 0 Å². The Morgan fingerprint density at radius 2 is 2.07 bits per heavy atom. The average Bonchev–Trinajstić information content (AvgIpc) is 3.09. The van der Waals surface area contributed by atoms with Crippen LogP contribution in [-0.2, 0) is 17.9 Å². The van der Waals surface area contributed by atoms with Gasteiger partial charge in [0.25, 0.3) is 5.56 Å².